The van der Waals surface area contributed by atoms with E-state index in [1.807, 2.05) is 0 Å². The number of esters is 1. The summed E-state index contributed by atoms with van der Waals surface area (Å²) in [6.45, 7) is 0. The van der Waals surface area contributed by atoms with E-state index in [0.717, 1.165) is 18.2 Å². The highest BCUT2D eigenvalue weighted by Gasteiger charge is 2.23. The summed E-state index contributed by atoms with van der Waals surface area (Å²) in [5, 5.41) is 2.51. The van der Waals surface area contributed by atoms with Gasteiger partial charge in [0.1, 0.15) is 11.6 Å². The summed E-state index contributed by atoms with van der Waals surface area (Å²) in [4.78, 5) is 23.9. The number of benzene rings is 2. The normalized spacial score (nSPS) is 11.6. The number of nitrogens with one attached hydrogen (secondary N) is 1. The van der Waals surface area contributed by atoms with Gasteiger partial charge in [0, 0.05) is 6.07 Å². The van der Waals surface area contributed by atoms with Gasteiger partial charge >= 0.3 is 5.97 Å². The summed E-state index contributed by atoms with van der Waals surface area (Å²) in [6, 6.07) is 10.4. The van der Waals surface area contributed by atoms with Crippen LogP contribution < -0.4 is 5.32 Å². The van der Waals surface area contributed by atoms with Crippen LogP contribution in [0.15, 0.2) is 48.5 Å². The molecule has 6 heteroatoms. The van der Waals surface area contributed by atoms with Crippen molar-refractivity contribution in [2.45, 2.75) is 12.5 Å². The molecule has 0 spiro atoms. The maximum atomic E-state index is 13.1. The van der Waals surface area contributed by atoms with Crippen LogP contribution in [0.2, 0.25) is 0 Å². The van der Waals surface area contributed by atoms with E-state index in [0.29, 0.717) is 5.56 Å². The van der Waals surface area contributed by atoms with Gasteiger partial charge in [-0.25, -0.2) is 13.6 Å². The highest BCUT2D eigenvalue weighted by Crippen LogP contribution is 2.15. The Balaban J connectivity index is 2.13. The van der Waals surface area contributed by atoms with Crippen molar-refractivity contribution in [3.8, 4) is 0 Å². The monoisotopic (exact) mass is 319 g/mol. The molecule has 0 bridgehead atoms. The number of amides is 1. The average molecular weight is 319 g/mol. The van der Waals surface area contributed by atoms with E-state index in [9.17, 15) is 18.4 Å². The topological polar surface area (TPSA) is 55.4 Å². The van der Waals surface area contributed by atoms with Gasteiger partial charge in [0.15, 0.2) is 6.04 Å². The number of carbonyl (C=O) groups is 2. The second-order valence-electron chi connectivity index (χ2n) is 4.89. The zero-order chi connectivity index (χ0) is 16.8. The number of carbonyl (C=O) groups excluding carboxylic acids is 2. The van der Waals surface area contributed by atoms with Crippen molar-refractivity contribution >= 4 is 11.9 Å². The molecule has 0 heterocycles. The van der Waals surface area contributed by atoms with E-state index in [2.05, 4.69) is 10.1 Å². The van der Waals surface area contributed by atoms with Crippen LogP contribution in [0.4, 0.5) is 8.78 Å². The van der Waals surface area contributed by atoms with Gasteiger partial charge in [-0.2, -0.15) is 0 Å². The van der Waals surface area contributed by atoms with Gasteiger partial charge in [-0.05, 0) is 23.3 Å². The largest absolute Gasteiger partial charge is 0.467 e. The standard InChI is InChI=1S/C17H15F2NO3/c1-23-17(22)16(12-5-3-2-4-6-12)20-15(21)9-11-7-13(18)10-14(19)8-11/h2-8,10,16H,9H2,1H3,(H,20,21)/t16-/m0/s1. The zero-order valence-corrected chi connectivity index (χ0v) is 12.4. The van der Waals surface area contributed by atoms with Crippen LogP contribution in [0.3, 0.4) is 0 Å². The molecule has 0 fully saturated rings. The second kappa shape index (κ2) is 7.49. The third kappa shape index (κ3) is 4.60. The molecule has 0 unspecified atom stereocenters. The average Bonchev–Trinajstić information content (AvgIpc) is 2.51. The molecule has 23 heavy (non-hydrogen) atoms. The first kappa shape index (κ1) is 16.6. The van der Waals surface area contributed by atoms with Crippen molar-refractivity contribution in [2.24, 2.45) is 0 Å². The van der Waals surface area contributed by atoms with E-state index < -0.39 is 29.6 Å². The van der Waals surface area contributed by atoms with Crippen molar-refractivity contribution in [3.05, 3.63) is 71.3 Å². The third-order valence-electron chi connectivity index (χ3n) is 3.16. The Morgan fingerprint density at radius 3 is 2.26 bits per heavy atom. The molecule has 0 aliphatic carbocycles. The maximum Gasteiger partial charge on any atom is 0.333 e. The molecule has 0 saturated heterocycles. The molecule has 0 aliphatic rings. The fraction of sp³-hybridized carbons (Fsp3) is 0.176. The van der Waals surface area contributed by atoms with Crippen molar-refractivity contribution in [2.75, 3.05) is 7.11 Å². The number of hydrogen-bond acceptors (Lipinski definition) is 3. The lowest BCUT2D eigenvalue weighted by Crippen LogP contribution is -2.35. The molecule has 1 N–H and O–H groups in total. The van der Waals surface area contributed by atoms with Crippen molar-refractivity contribution < 1.29 is 23.1 Å². The van der Waals surface area contributed by atoms with Gasteiger partial charge in [-0.1, -0.05) is 30.3 Å². The zero-order valence-electron chi connectivity index (χ0n) is 12.4. The molecular formula is C17H15F2NO3. The molecule has 0 radical (unpaired) electrons. The van der Waals surface area contributed by atoms with Crippen LogP contribution in [-0.2, 0) is 20.7 Å². The van der Waals surface area contributed by atoms with Crippen LogP contribution in [0.1, 0.15) is 17.2 Å². The van der Waals surface area contributed by atoms with Gasteiger partial charge in [0.05, 0.1) is 13.5 Å². The molecule has 2 aromatic rings. The number of hydrogen-bond donors (Lipinski definition) is 1. The van der Waals surface area contributed by atoms with E-state index in [4.69, 9.17) is 0 Å². The number of halogens is 2. The van der Waals surface area contributed by atoms with Crippen LogP contribution >= 0.6 is 0 Å². The summed E-state index contributed by atoms with van der Waals surface area (Å²) in [6.07, 6.45) is -0.255. The highest BCUT2D eigenvalue weighted by molar-refractivity contribution is 5.86. The molecule has 120 valence electrons. The fourth-order valence-electron chi connectivity index (χ4n) is 2.15. The van der Waals surface area contributed by atoms with Gasteiger partial charge in [0.2, 0.25) is 5.91 Å². The van der Waals surface area contributed by atoms with E-state index in [-0.39, 0.29) is 12.0 Å². The molecule has 2 rings (SSSR count). The Bertz CT molecular complexity index is 684. The smallest absolute Gasteiger partial charge is 0.333 e. The number of rotatable bonds is 5. The molecule has 2 aromatic carbocycles. The molecular weight excluding hydrogens is 304 g/mol. The first-order valence-electron chi connectivity index (χ1n) is 6.86. The number of ether oxygens (including phenoxy) is 1. The minimum Gasteiger partial charge on any atom is -0.467 e. The molecule has 1 atom stereocenters. The Morgan fingerprint density at radius 2 is 1.70 bits per heavy atom. The minimum absolute atomic E-state index is 0.177. The predicted molar refractivity (Wildman–Crippen MR) is 79.4 cm³/mol. The predicted octanol–water partition coefficient (Wildman–Crippen LogP) is 2.54. The van der Waals surface area contributed by atoms with E-state index in [1.165, 1.54) is 7.11 Å². The van der Waals surface area contributed by atoms with Crippen LogP contribution in [0.5, 0.6) is 0 Å². The Kier molecular flexibility index (Phi) is 5.41. The Labute approximate surface area is 132 Å². The molecule has 0 aromatic heterocycles. The quantitative estimate of drug-likeness (QED) is 0.862. The van der Waals surface area contributed by atoms with Crippen molar-refractivity contribution in [1.29, 1.82) is 0 Å². The minimum atomic E-state index is -0.980. The van der Waals surface area contributed by atoms with Crippen LogP contribution in [0.25, 0.3) is 0 Å². The van der Waals surface area contributed by atoms with Crippen molar-refractivity contribution in [3.63, 3.8) is 0 Å². The van der Waals surface area contributed by atoms with Gasteiger partial charge < -0.3 is 10.1 Å². The van der Waals surface area contributed by atoms with Crippen LogP contribution in [0, 0.1) is 11.6 Å². The van der Waals surface area contributed by atoms with Crippen LogP contribution in [-0.4, -0.2) is 19.0 Å². The summed E-state index contributed by atoms with van der Waals surface area (Å²) >= 11 is 0. The maximum absolute atomic E-state index is 13.1. The Morgan fingerprint density at radius 1 is 1.09 bits per heavy atom. The first-order valence-corrected chi connectivity index (χ1v) is 6.86. The SMILES string of the molecule is COC(=O)[C@@H](NC(=O)Cc1cc(F)cc(F)c1)c1ccccc1. The number of methoxy groups -OCH3 is 1. The van der Waals surface area contributed by atoms with Gasteiger partial charge in [0.25, 0.3) is 0 Å². The van der Waals surface area contributed by atoms with Crippen molar-refractivity contribution in [1.82, 2.24) is 5.32 Å². The summed E-state index contributed by atoms with van der Waals surface area (Å²) < 4.78 is 31.0. The summed E-state index contributed by atoms with van der Waals surface area (Å²) in [5.74, 6) is -2.70. The summed E-state index contributed by atoms with van der Waals surface area (Å²) in [5.41, 5.74) is 0.731. The lowest BCUT2D eigenvalue weighted by Gasteiger charge is -2.17. The lowest BCUT2D eigenvalue weighted by molar-refractivity contribution is -0.145. The highest BCUT2D eigenvalue weighted by atomic mass is 19.1. The molecule has 0 aliphatic heterocycles. The van der Waals surface area contributed by atoms with Gasteiger partial charge in [-0.15, -0.1) is 0 Å². The molecule has 1 amide bonds. The molecule has 4 nitrogen and oxygen atoms in total. The van der Waals surface area contributed by atoms with E-state index >= 15 is 0 Å². The summed E-state index contributed by atoms with van der Waals surface area (Å²) in [7, 11) is 1.21. The first-order chi connectivity index (χ1) is 11.0. The molecule has 0 saturated carbocycles. The lowest BCUT2D eigenvalue weighted by atomic mass is 10.1. The second-order valence-corrected chi connectivity index (χ2v) is 4.89. The Hall–Kier alpha value is -2.76. The third-order valence-corrected chi connectivity index (χ3v) is 3.16. The fourth-order valence-corrected chi connectivity index (χ4v) is 2.15. The van der Waals surface area contributed by atoms with E-state index in [1.54, 1.807) is 30.3 Å². The van der Waals surface area contributed by atoms with Gasteiger partial charge in [-0.3, -0.25) is 4.79 Å².